The fourth-order valence-corrected chi connectivity index (χ4v) is 5.29. The molecule has 1 N–H and O–H groups in total. The molecule has 0 aromatic heterocycles. The number of para-hydroxylation sites is 1. The van der Waals surface area contributed by atoms with Gasteiger partial charge in [0.1, 0.15) is 17.3 Å². The van der Waals surface area contributed by atoms with Crippen molar-refractivity contribution in [2.75, 3.05) is 14.2 Å². The van der Waals surface area contributed by atoms with Crippen LogP contribution in [0.3, 0.4) is 0 Å². The van der Waals surface area contributed by atoms with Gasteiger partial charge in [-0.2, -0.15) is 0 Å². The molecule has 1 heterocycles. The van der Waals surface area contributed by atoms with Gasteiger partial charge in [-0.05, 0) is 53.0 Å². The van der Waals surface area contributed by atoms with E-state index in [1.54, 1.807) is 43.4 Å². The number of hydrogen-bond donors (Lipinski definition) is 1. The summed E-state index contributed by atoms with van der Waals surface area (Å²) in [6.07, 6.45) is 4.83. The van der Waals surface area contributed by atoms with Crippen LogP contribution < -0.4 is 9.47 Å². The van der Waals surface area contributed by atoms with E-state index >= 15 is 0 Å². The third kappa shape index (κ3) is 3.90. The van der Waals surface area contributed by atoms with Crippen LogP contribution in [0, 0.1) is 0 Å². The van der Waals surface area contributed by atoms with E-state index in [1.165, 1.54) is 0 Å². The Hall–Kier alpha value is -2.80. The lowest BCUT2D eigenvalue weighted by atomic mass is 9.90. The van der Waals surface area contributed by atoms with Crippen LogP contribution in [0.2, 0.25) is 0 Å². The van der Waals surface area contributed by atoms with Gasteiger partial charge < -0.3 is 19.5 Å². The van der Waals surface area contributed by atoms with E-state index in [1.807, 2.05) is 18.2 Å². The first-order chi connectivity index (χ1) is 15.5. The van der Waals surface area contributed by atoms with Crippen LogP contribution in [0.5, 0.6) is 11.5 Å². The maximum absolute atomic E-state index is 13.3. The summed E-state index contributed by atoms with van der Waals surface area (Å²) in [6, 6.07) is 11.6. The standard InChI is InChI=1S/C25H26BrNO5/c1-31-19-11-7-6-10-17(19)22-21(23(28)15-12-13-20(32-2)18(26)14-15)24(29)25(30)27(22)16-8-4-3-5-9-16/h6-7,10-14,16,22,28H,3-5,8-9H2,1-2H3/b23-21+. The van der Waals surface area contributed by atoms with E-state index in [4.69, 9.17) is 9.47 Å². The number of ketones is 1. The molecule has 7 heteroatoms. The van der Waals surface area contributed by atoms with Crippen LogP contribution in [0.4, 0.5) is 0 Å². The van der Waals surface area contributed by atoms with E-state index in [2.05, 4.69) is 15.9 Å². The Morgan fingerprint density at radius 3 is 2.34 bits per heavy atom. The summed E-state index contributed by atoms with van der Waals surface area (Å²) < 4.78 is 11.5. The number of carbonyl (C=O) groups excluding carboxylic acids is 2. The highest BCUT2D eigenvalue weighted by Gasteiger charge is 2.49. The number of halogens is 1. The van der Waals surface area contributed by atoms with E-state index < -0.39 is 17.7 Å². The van der Waals surface area contributed by atoms with Crippen LogP contribution >= 0.6 is 15.9 Å². The maximum Gasteiger partial charge on any atom is 0.295 e. The Labute approximate surface area is 196 Å². The maximum atomic E-state index is 13.3. The molecule has 0 spiro atoms. The second kappa shape index (κ2) is 9.36. The molecule has 6 nitrogen and oxygen atoms in total. The molecule has 2 fully saturated rings. The van der Waals surface area contributed by atoms with Gasteiger partial charge in [-0.25, -0.2) is 0 Å². The quantitative estimate of drug-likeness (QED) is 0.346. The van der Waals surface area contributed by atoms with Crippen molar-refractivity contribution in [2.45, 2.75) is 44.2 Å². The van der Waals surface area contributed by atoms with Crippen LogP contribution in [0.15, 0.2) is 52.5 Å². The summed E-state index contributed by atoms with van der Waals surface area (Å²) in [6.45, 7) is 0. The van der Waals surface area contributed by atoms with Crippen molar-refractivity contribution < 1.29 is 24.2 Å². The SMILES string of the molecule is COc1ccc(/C(O)=C2\C(=O)C(=O)N(C3CCCCC3)C2c2ccccc2OC)cc1Br. The average Bonchev–Trinajstić information content (AvgIpc) is 3.09. The van der Waals surface area contributed by atoms with Gasteiger partial charge >= 0.3 is 0 Å². The average molecular weight is 500 g/mol. The molecule has 2 aromatic carbocycles. The second-order valence-electron chi connectivity index (χ2n) is 8.09. The second-order valence-corrected chi connectivity index (χ2v) is 8.94. The molecule has 1 unspecified atom stereocenters. The number of nitrogens with zero attached hydrogens (tertiary/aromatic N) is 1. The van der Waals surface area contributed by atoms with Crippen molar-refractivity contribution in [3.05, 3.63) is 63.6 Å². The molecule has 0 radical (unpaired) electrons. The minimum Gasteiger partial charge on any atom is -0.507 e. The molecule has 1 saturated carbocycles. The number of carbonyl (C=O) groups is 2. The molecule has 1 atom stereocenters. The normalized spacial score (nSPS) is 21.1. The van der Waals surface area contributed by atoms with Gasteiger partial charge in [0.2, 0.25) is 0 Å². The highest BCUT2D eigenvalue weighted by molar-refractivity contribution is 9.10. The number of ether oxygens (including phenoxy) is 2. The van der Waals surface area contributed by atoms with E-state index in [9.17, 15) is 14.7 Å². The van der Waals surface area contributed by atoms with E-state index in [0.29, 0.717) is 27.1 Å². The molecule has 1 aliphatic heterocycles. The Balaban J connectivity index is 1.90. The lowest BCUT2D eigenvalue weighted by Gasteiger charge is -2.35. The number of rotatable bonds is 5. The van der Waals surface area contributed by atoms with Crippen molar-refractivity contribution in [1.82, 2.24) is 4.90 Å². The van der Waals surface area contributed by atoms with Crippen molar-refractivity contribution in [3.8, 4) is 11.5 Å². The lowest BCUT2D eigenvalue weighted by molar-refractivity contribution is -0.141. The predicted molar refractivity (Wildman–Crippen MR) is 125 cm³/mol. The first-order valence-electron chi connectivity index (χ1n) is 10.7. The monoisotopic (exact) mass is 499 g/mol. The summed E-state index contributed by atoms with van der Waals surface area (Å²) in [5, 5.41) is 11.3. The highest BCUT2D eigenvalue weighted by Crippen LogP contribution is 2.45. The zero-order valence-corrected chi connectivity index (χ0v) is 19.7. The van der Waals surface area contributed by atoms with Crippen molar-refractivity contribution in [1.29, 1.82) is 0 Å². The number of aliphatic hydroxyl groups is 1. The first-order valence-corrected chi connectivity index (χ1v) is 11.5. The Bertz CT molecular complexity index is 1070. The van der Waals surface area contributed by atoms with Crippen LogP contribution in [-0.2, 0) is 9.59 Å². The molecular formula is C25H26BrNO5. The number of aliphatic hydroxyl groups excluding tert-OH is 1. The van der Waals surface area contributed by atoms with Crippen molar-refractivity contribution in [2.24, 2.45) is 0 Å². The highest BCUT2D eigenvalue weighted by atomic mass is 79.9. The summed E-state index contributed by atoms with van der Waals surface area (Å²) in [5.74, 6) is -0.272. The molecule has 2 aliphatic rings. The third-order valence-electron chi connectivity index (χ3n) is 6.31. The van der Waals surface area contributed by atoms with Gasteiger partial charge in [-0.15, -0.1) is 0 Å². The van der Waals surface area contributed by atoms with Crippen LogP contribution in [0.25, 0.3) is 5.76 Å². The molecule has 2 aromatic rings. The molecular weight excluding hydrogens is 474 g/mol. The zero-order chi connectivity index (χ0) is 22.8. The lowest BCUT2D eigenvalue weighted by Crippen LogP contribution is -2.40. The van der Waals surface area contributed by atoms with Crippen LogP contribution in [0.1, 0.15) is 49.3 Å². The molecule has 1 amide bonds. The van der Waals surface area contributed by atoms with Gasteiger partial charge in [0.05, 0.1) is 30.3 Å². The van der Waals surface area contributed by atoms with Crippen LogP contribution in [-0.4, -0.2) is 42.0 Å². The summed E-state index contributed by atoms with van der Waals surface area (Å²) in [7, 11) is 3.11. The molecule has 1 saturated heterocycles. The predicted octanol–water partition coefficient (Wildman–Crippen LogP) is 5.22. The Morgan fingerprint density at radius 1 is 1.00 bits per heavy atom. The number of hydrogen-bond acceptors (Lipinski definition) is 5. The largest absolute Gasteiger partial charge is 0.507 e. The summed E-state index contributed by atoms with van der Waals surface area (Å²) in [5.41, 5.74) is 1.20. The Kier molecular flexibility index (Phi) is 6.55. The van der Waals surface area contributed by atoms with Gasteiger partial charge in [0.15, 0.2) is 0 Å². The zero-order valence-electron chi connectivity index (χ0n) is 18.1. The third-order valence-corrected chi connectivity index (χ3v) is 6.93. The van der Waals surface area contributed by atoms with Gasteiger partial charge in [-0.1, -0.05) is 37.5 Å². The molecule has 0 bridgehead atoms. The topological polar surface area (TPSA) is 76.1 Å². The van der Waals surface area contributed by atoms with Crippen molar-refractivity contribution in [3.63, 3.8) is 0 Å². The minimum absolute atomic E-state index is 0.0528. The van der Waals surface area contributed by atoms with Gasteiger partial charge in [0, 0.05) is 17.2 Å². The first kappa shape index (κ1) is 22.4. The number of amides is 1. The molecule has 4 rings (SSSR count). The number of likely N-dealkylation sites (tertiary alicyclic amines) is 1. The molecule has 168 valence electrons. The fourth-order valence-electron chi connectivity index (χ4n) is 4.75. The Morgan fingerprint density at radius 2 is 1.69 bits per heavy atom. The molecule has 32 heavy (non-hydrogen) atoms. The van der Waals surface area contributed by atoms with E-state index in [-0.39, 0.29) is 17.4 Å². The fraction of sp³-hybridized carbons (Fsp3) is 0.360. The van der Waals surface area contributed by atoms with Gasteiger partial charge in [0.25, 0.3) is 11.7 Å². The van der Waals surface area contributed by atoms with Crippen molar-refractivity contribution >= 4 is 33.4 Å². The molecule has 1 aliphatic carbocycles. The van der Waals surface area contributed by atoms with E-state index in [0.717, 1.165) is 32.1 Å². The summed E-state index contributed by atoms with van der Waals surface area (Å²) in [4.78, 5) is 28.2. The number of Topliss-reactive ketones (excluding diaryl/α,β-unsaturated/α-hetero) is 1. The van der Waals surface area contributed by atoms with Gasteiger partial charge in [-0.3, -0.25) is 9.59 Å². The number of benzene rings is 2. The smallest absolute Gasteiger partial charge is 0.295 e. The number of methoxy groups -OCH3 is 2. The minimum atomic E-state index is -0.713. The summed E-state index contributed by atoms with van der Waals surface area (Å²) >= 11 is 3.43.